The number of urea groups is 1. The van der Waals surface area contributed by atoms with Crippen LogP contribution >= 0.6 is 11.3 Å². The molecule has 4 aromatic rings. The van der Waals surface area contributed by atoms with Crippen LogP contribution in [0.1, 0.15) is 21.7 Å². The number of carbonyl (C=O) groups excluding carboxylic acids is 2. The molecule has 170 valence electrons. The molecule has 1 saturated heterocycles. The Morgan fingerprint density at radius 2 is 1.71 bits per heavy atom. The molecule has 0 aliphatic carbocycles. The lowest BCUT2D eigenvalue weighted by Crippen LogP contribution is -2.30. The fraction of sp³-hybridized carbons (Fsp3) is 0.0800. The predicted octanol–water partition coefficient (Wildman–Crippen LogP) is 4.05. The number of nitrogens with zero attached hydrogens (tertiary/aromatic N) is 2. The molecule has 0 bridgehead atoms. The monoisotopic (exact) mass is 474 g/mol. The zero-order valence-electron chi connectivity index (χ0n) is 17.8. The Bertz CT molecular complexity index is 1460. The number of benzene rings is 2. The minimum atomic E-state index is -0.668. The summed E-state index contributed by atoms with van der Waals surface area (Å²) in [5, 5.41) is 7.61. The van der Waals surface area contributed by atoms with Gasteiger partial charge in [-0.2, -0.15) is 0 Å². The number of thiophene rings is 1. The molecule has 1 aliphatic rings. The Labute approximate surface area is 197 Å². The zero-order chi connectivity index (χ0) is 23.7. The van der Waals surface area contributed by atoms with Crippen LogP contribution in [0.3, 0.4) is 0 Å². The largest absolute Gasteiger partial charge is 0.329 e. The summed E-state index contributed by atoms with van der Waals surface area (Å²) in [4.78, 5) is 40.8. The maximum absolute atomic E-state index is 14.1. The van der Waals surface area contributed by atoms with Crippen molar-refractivity contribution < 1.29 is 14.0 Å². The highest BCUT2D eigenvalue weighted by atomic mass is 32.1. The molecule has 3 amide bonds. The van der Waals surface area contributed by atoms with Gasteiger partial charge in [0.05, 0.1) is 23.5 Å². The smallest absolute Gasteiger partial charge is 0.303 e. The van der Waals surface area contributed by atoms with Crippen LogP contribution in [-0.4, -0.2) is 26.6 Å². The van der Waals surface area contributed by atoms with Crippen molar-refractivity contribution >= 4 is 29.4 Å². The number of para-hydroxylation sites is 1. The highest BCUT2D eigenvalue weighted by molar-refractivity contribution is 7.09. The number of nitrogens with one attached hydrogen (secondary N) is 2. The van der Waals surface area contributed by atoms with Crippen molar-refractivity contribution in [1.82, 2.24) is 20.0 Å². The van der Waals surface area contributed by atoms with E-state index in [1.807, 2.05) is 35.7 Å². The number of H-pyrrole nitrogens is 1. The van der Waals surface area contributed by atoms with E-state index in [-0.39, 0.29) is 28.9 Å². The minimum Gasteiger partial charge on any atom is -0.303 e. The number of amides is 3. The fourth-order valence-electron chi connectivity index (χ4n) is 3.78. The highest BCUT2D eigenvalue weighted by Crippen LogP contribution is 2.21. The first-order chi connectivity index (χ1) is 16.5. The molecule has 0 radical (unpaired) electrons. The van der Waals surface area contributed by atoms with Crippen LogP contribution in [0, 0.1) is 5.82 Å². The summed E-state index contributed by atoms with van der Waals surface area (Å²) in [7, 11) is 0. The first-order valence-electron chi connectivity index (χ1n) is 10.5. The van der Waals surface area contributed by atoms with Crippen molar-refractivity contribution in [2.75, 3.05) is 0 Å². The van der Waals surface area contributed by atoms with Gasteiger partial charge in [0.15, 0.2) is 0 Å². The summed E-state index contributed by atoms with van der Waals surface area (Å²) in [5.41, 5.74) is 1.36. The van der Waals surface area contributed by atoms with E-state index in [0.717, 1.165) is 9.78 Å². The summed E-state index contributed by atoms with van der Waals surface area (Å²) < 4.78 is 15.5. The van der Waals surface area contributed by atoms with Gasteiger partial charge >= 0.3 is 6.03 Å². The number of halogens is 1. The van der Waals surface area contributed by atoms with E-state index < -0.39 is 17.8 Å². The number of aromatic nitrogens is 2. The maximum Gasteiger partial charge on any atom is 0.329 e. The molecule has 0 saturated carbocycles. The third kappa shape index (κ3) is 4.08. The lowest BCUT2D eigenvalue weighted by molar-refractivity contribution is -0.123. The van der Waals surface area contributed by atoms with Crippen molar-refractivity contribution in [3.63, 3.8) is 0 Å². The van der Waals surface area contributed by atoms with E-state index in [1.165, 1.54) is 29.0 Å². The second-order valence-electron chi connectivity index (χ2n) is 7.71. The van der Waals surface area contributed by atoms with Crippen molar-refractivity contribution in [2.45, 2.75) is 13.0 Å². The first-order valence-corrected chi connectivity index (χ1v) is 11.4. The molecular weight excluding hydrogens is 455 g/mol. The van der Waals surface area contributed by atoms with Gasteiger partial charge in [0.25, 0.3) is 11.5 Å². The van der Waals surface area contributed by atoms with Crippen LogP contribution in [0.2, 0.25) is 0 Å². The molecule has 0 unspecified atom stereocenters. The molecule has 5 rings (SSSR count). The van der Waals surface area contributed by atoms with Crippen LogP contribution in [0.4, 0.5) is 9.18 Å². The topological polar surface area (TPSA) is 87.2 Å². The van der Waals surface area contributed by atoms with E-state index in [2.05, 4.69) is 10.4 Å². The van der Waals surface area contributed by atoms with Crippen LogP contribution in [0.15, 0.2) is 82.6 Å². The number of rotatable bonds is 6. The Morgan fingerprint density at radius 1 is 0.941 bits per heavy atom. The standard InChI is InChI=1S/C25H19FN4O3S/c26-20-11-5-4-7-16(20)15-29-24(32)22(27-25(29)33)14-19-21(13-18-10-6-12-34-18)28-30(23(19)31)17-8-2-1-3-9-17/h1-12,14,28H,13,15H2,(H,27,33)/b22-14-. The predicted molar refractivity (Wildman–Crippen MR) is 127 cm³/mol. The summed E-state index contributed by atoms with van der Waals surface area (Å²) in [6, 6.07) is 18.2. The molecule has 3 heterocycles. The molecule has 2 aromatic heterocycles. The number of hydrogen-bond donors (Lipinski definition) is 2. The Kier molecular flexibility index (Phi) is 5.69. The molecular formula is C25H19FN4O3S. The van der Waals surface area contributed by atoms with Gasteiger partial charge in [0, 0.05) is 16.9 Å². The van der Waals surface area contributed by atoms with E-state index in [4.69, 9.17) is 0 Å². The average molecular weight is 475 g/mol. The van der Waals surface area contributed by atoms with E-state index in [0.29, 0.717) is 17.8 Å². The average Bonchev–Trinajstić information content (AvgIpc) is 3.53. The van der Waals surface area contributed by atoms with Gasteiger partial charge in [-0.15, -0.1) is 11.3 Å². The summed E-state index contributed by atoms with van der Waals surface area (Å²) >= 11 is 1.55. The minimum absolute atomic E-state index is 0.0370. The van der Waals surface area contributed by atoms with E-state index in [1.54, 1.807) is 29.5 Å². The van der Waals surface area contributed by atoms with Gasteiger partial charge in [-0.05, 0) is 35.7 Å². The Morgan fingerprint density at radius 3 is 2.44 bits per heavy atom. The van der Waals surface area contributed by atoms with Crippen LogP contribution in [-0.2, 0) is 17.8 Å². The summed E-state index contributed by atoms with van der Waals surface area (Å²) in [5.74, 6) is -1.13. The second kappa shape index (κ2) is 8.95. The Hall–Kier alpha value is -4.24. The molecule has 1 aliphatic heterocycles. The van der Waals surface area contributed by atoms with Gasteiger partial charge in [-0.1, -0.05) is 42.5 Å². The van der Waals surface area contributed by atoms with E-state index in [9.17, 15) is 18.8 Å². The van der Waals surface area contributed by atoms with Crippen LogP contribution in [0.25, 0.3) is 11.8 Å². The Balaban J connectivity index is 1.52. The van der Waals surface area contributed by atoms with Crippen molar-refractivity contribution in [1.29, 1.82) is 0 Å². The molecule has 7 nitrogen and oxygen atoms in total. The lowest BCUT2D eigenvalue weighted by Gasteiger charge is -2.12. The molecule has 34 heavy (non-hydrogen) atoms. The number of aromatic amines is 1. The second-order valence-corrected chi connectivity index (χ2v) is 8.74. The van der Waals surface area contributed by atoms with Gasteiger partial charge in [0.2, 0.25) is 0 Å². The first kappa shape index (κ1) is 21.6. The fourth-order valence-corrected chi connectivity index (χ4v) is 4.50. The van der Waals surface area contributed by atoms with Crippen molar-refractivity contribution in [2.24, 2.45) is 0 Å². The normalized spacial score (nSPS) is 14.7. The molecule has 2 aromatic carbocycles. The highest BCUT2D eigenvalue weighted by Gasteiger charge is 2.34. The molecule has 0 atom stereocenters. The quantitative estimate of drug-likeness (QED) is 0.327. The lowest BCUT2D eigenvalue weighted by atomic mass is 10.1. The van der Waals surface area contributed by atoms with Gasteiger partial charge in [0.1, 0.15) is 11.5 Å². The van der Waals surface area contributed by atoms with E-state index >= 15 is 0 Å². The number of imide groups is 1. The maximum atomic E-state index is 14.1. The van der Waals surface area contributed by atoms with Crippen LogP contribution < -0.4 is 10.9 Å². The van der Waals surface area contributed by atoms with Crippen molar-refractivity contribution in [3.8, 4) is 5.69 Å². The van der Waals surface area contributed by atoms with Crippen molar-refractivity contribution in [3.05, 3.63) is 116 Å². The summed E-state index contributed by atoms with van der Waals surface area (Å²) in [6.45, 7) is -0.210. The third-order valence-electron chi connectivity index (χ3n) is 5.49. The third-order valence-corrected chi connectivity index (χ3v) is 6.36. The number of hydrogen-bond acceptors (Lipinski definition) is 4. The zero-order valence-corrected chi connectivity index (χ0v) is 18.6. The molecule has 9 heteroatoms. The molecule has 0 spiro atoms. The van der Waals surface area contributed by atoms with Gasteiger partial charge in [-0.25, -0.2) is 13.9 Å². The van der Waals surface area contributed by atoms with Gasteiger partial charge in [-0.3, -0.25) is 19.6 Å². The summed E-state index contributed by atoms with van der Waals surface area (Å²) in [6.07, 6.45) is 1.84. The SMILES string of the molecule is O=C1N/C(=C\c2c(Cc3cccs3)[nH]n(-c3ccccc3)c2=O)C(=O)N1Cc1ccccc1F. The van der Waals surface area contributed by atoms with Crippen LogP contribution in [0.5, 0.6) is 0 Å². The molecule has 1 fully saturated rings. The van der Waals surface area contributed by atoms with Gasteiger partial charge < -0.3 is 5.32 Å². The molecule has 2 N–H and O–H groups in total. The number of carbonyl (C=O) groups is 2.